The fourth-order valence-corrected chi connectivity index (χ4v) is 6.88. The summed E-state index contributed by atoms with van der Waals surface area (Å²) in [4.78, 5) is 49.9. The molecule has 1 N–H and O–H groups in total. The lowest BCUT2D eigenvalue weighted by Gasteiger charge is -2.27. The molecule has 0 spiro atoms. The van der Waals surface area contributed by atoms with Crippen LogP contribution in [0.2, 0.25) is 5.02 Å². The van der Waals surface area contributed by atoms with Crippen LogP contribution in [0.15, 0.2) is 73.1 Å². The minimum atomic E-state index is -0.815. The van der Waals surface area contributed by atoms with Gasteiger partial charge in [-0.15, -0.1) is 0 Å². The molecule has 1 aliphatic heterocycles. The van der Waals surface area contributed by atoms with Gasteiger partial charge in [0.05, 0.1) is 15.3 Å². The third-order valence-electron chi connectivity index (χ3n) is 7.81. The first-order valence-corrected chi connectivity index (χ1v) is 15.8. The predicted octanol–water partition coefficient (Wildman–Crippen LogP) is 6.85. The molecule has 0 bridgehead atoms. The number of benzene rings is 3. The van der Waals surface area contributed by atoms with E-state index in [1.165, 1.54) is 22.6 Å². The molecule has 12 heteroatoms. The van der Waals surface area contributed by atoms with Crippen LogP contribution in [0.4, 0.5) is 10.1 Å². The second kappa shape index (κ2) is 12.6. The van der Waals surface area contributed by atoms with Crippen LogP contribution < -0.4 is 5.32 Å². The summed E-state index contributed by atoms with van der Waals surface area (Å²) in [6, 6.07) is 16.3. The van der Waals surface area contributed by atoms with Gasteiger partial charge in [-0.3, -0.25) is 19.1 Å². The number of halogens is 3. The van der Waals surface area contributed by atoms with Crippen molar-refractivity contribution >= 4 is 68.4 Å². The van der Waals surface area contributed by atoms with Gasteiger partial charge in [0.25, 0.3) is 0 Å². The van der Waals surface area contributed by atoms with Crippen LogP contribution in [0.25, 0.3) is 33.2 Å². The van der Waals surface area contributed by atoms with Crippen molar-refractivity contribution in [3.63, 3.8) is 0 Å². The van der Waals surface area contributed by atoms with Crippen molar-refractivity contribution in [3.8, 4) is 22.3 Å². The number of aromatic nitrogens is 4. The van der Waals surface area contributed by atoms with Gasteiger partial charge in [0.1, 0.15) is 24.1 Å². The number of likely N-dealkylation sites (tertiary alicyclic amines) is 1. The van der Waals surface area contributed by atoms with E-state index in [4.69, 9.17) is 11.6 Å². The molecule has 1 fully saturated rings. The van der Waals surface area contributed by atoms with Crippen molar-refractivity contribution in [1.29, 1.82) is 0 Å². The van der Waals surface area contributed by atoms with Crippen molar-refractivity contribution in [2.45, 2.75) is 43.3 Å². The number of rotatable bonds is 7. The van der Waals surface area contributed by atoms with Crippen molar-refractivity contribution in [2.75, 3.05) is 5.32 Å². The average molecular weight is 737 g/mol. The summed E-state index contributed by atoms with van der Waals surface area (Å²) < 4.78 is 16.8. The molecule has 6 rings (SSSR count). The van der Waals surface area contributed by atoms with E-state index in [1.54, 1.807) is 55.7 Å². The van der Waals surface area contributed by atoms with E-state index in [1.807, 2.05) is 18.2 Å². The zero-order chi connectivity index (χ0) is 31.8. The van der Waals surface area contributed by atoms with Gasteiger partial charge in [0.2, 0.25) is 11.8 Å². The first-order valence-electron chi connectivity index (χ1n) is 14.2. The minimum Gasteiger partial charge on any atom is -0.322 e. The second-order valence-electron chi connectivity index (χ2n) is 10.8. The summed E-state index contributed by atoms with van der Waals surface area (Å²) in [6.07, 6.45) is 4.43. The fraction of sp³-hybridized carbons (Fsp3) is 0.212. The molecular formula is C33H27ClFIN6O3. The van der Waals surface area contributed by atoms with Crippen molar-refractivity contribution in [2.24, 2.45) is 0 Å². The Kier molecular flexibility index (Phi) is 8.65. The molecule has 3 heterocycles. The molecule has 5 aromatic rings. The Morgan fingerprint density at radius 2 is 1.73 bits per heavy atom. The summed E-state index contributed by atoms with van der Waals surface area (Å²) in [7, 11) is 0. The second-order valence-corrected chi connectivity index (χ2v) is 12.6. The summed E-state index contributed by atoms with van der Waals surface area (Å²) in [5, 5.41) is 8.18. The smallest absolute Gasteiger partial charge is 0.247 e. The number of carbonyl (C=O) groups is 3. The normalized spacial score (nSPS) is 16.2. The van der Waals surface area contributed by atoms with E-state index in [0.717, 1.165) is 11.1 Å². The number of ketones is 1. The van der Waals surface area contributed by atoms with Crippen LogP contribution in [-0.4, -0.2) is 52.3 Å². The summed E-state index contributed by atoms with van der Waals surface area (Å²) in [6.45, 7) is 3.04. The molecular weight excluding hydrogens is 710 g/mol. The van der Waals surface area contributed by atoms with Gasteiger partial charge in [-0.2, -0.15) is 5.10 Å². The van der Waals surface area contributed by atoms with E-state index in [2.05, 4.69) is 43.0 Å². The Morgan fingerprint density at radius 1 is 1.00 bits per heavy atom. The van der Waals surface area contributed by atoms with Crippen molar-refractivity contribution in [1.82, 2.24) is 24.6 Å². The quantitative estimate of drug-likeness (QED) is 0.0847. The van der Waals surface area contributed by atoms with Gasteiger partial charge in [0.15, 0.2) is 11.6 Å². The first-order chi connectivity index (χ1) is 21.6. The van der Waals surface area contributed by atoms with Gasteiger partial charge in [-0.05, 0) is 49.6 Å². The van der Waals surface area contributed by atoms with E-state index >= 15 is 4.39 Å². The standard InChI is InChI=1S/C33H27ClFIN6O3/c1-18(43)32-24-14-20(21-15-37-19(2)38-16-21)10-11-27(24)41(40-32)17-30(44)42-28(12-13-29(42)36)33(45)39-26-9-5-7-23(31(26)35)22-6-3-4-8-25(22)34/h3-11,14-16,28-29H,12-13,17H2,1-2H3,(H,39,45)/t28-,29-/m0/s1. The molecule has 1 aliphatic rings. The molecule has 2 atom stereocenters. The Morgan fingerprint density at radius 3 is 2.47 bits per heavy atom. The zero-order valence-corrected chi connectivity index (χ0v) is 27.2. The van der Waals surface area contributed by atoms with Crippen molar-refractivity contribution < 1.29 is 18.8 Å². The van der Waals surface area contributed by atoms with E-state index < -0.39 is 17.8 Å². The third kappa shape index (κ3) is 6.06. The highest BCUT2D eigenvalue weighted by atomic mass is 127. The Bertz CT molecular complexity index is 1960. The number of amides is 2. The number of nitrogens with one attached hydrogen (secondary N) is 1. The van der Waals surface area contributed by atoms with Gasteiger partial charge >= 0.3 is 0 Å². The number of Topliss-reactive ketones (excluding diaryl/α,β-unsaturated/α-hetero) is 1. The number of hydrogen-bond donors (Lipinski definition) is 1. The monoisotopic (exact) mass is 736 g/mol. The molecule has 0 aliphatic carbocycles. The number of carbonyl (C=O) groups excluding carboxylic acids is 3. The first kappa shape index (κ1) is 30.8. The Balaban J connectivity index is 1.25. The SMILES string of the molecule is CC(=O)c1nn(CC(=O)N2[C@H](I)CC[C@H]2C(=O)Nc2cccc(-c3ccccc3Cl)c2F)c2ccc(-c3cnc(C)nc3)cc12. The van der Waals surface area contributed by atoms with Gasteiger partial charge in [-0.25, -0.2) is 14.4 Å². The molecule has 0 saturated carbocycles. The number of hydrogen-bond acceptors (Lipinski definition) is 6. The molecule has 228 valence electrons. The number of alkyl halides is 1. The number of aryl methyl sites for hydroxylation is 1. The van der Waals surface area contributed by atoms with Crippen LogP contribution in [0, 0.1) is 12.7 Å². The maximum absolute atomic E-state index is 15.6. The zero-order valence-electron chi connectivity index (χ0n) is 24.3. The van der Waals surface area contributed by atoms with E-state index in [0.29, 0.717) is 40.2 Å². The molecule has 0 unspecified atom stereocenters. The highest BCUT2D eigenvalue weighted by molar-refractivity contribution is 14.1. The topological polar surface area (TPSA) is 110 Å². The maximum atomic E-state index is 15.6. The summed E-state index contributed by atoms with van der Waals surface area (Å²) in [5.41, 5.74) is 3.21. The molecule has 45 heavy (non-hydrogen) atoms. The van der Waals surface area contributed by atoms with E-state index in [-0.39, 0.29) is 39.2 Å². The molecule has 9 nitrogen and oxygen atoms in total. The minimum absolute atomic E-state index is 0.000628. The van der Waals surface area contributed by atoms with Crippen LogP contribution in [0.1, 0.15) is 36.1 Å². The fourth-order valence-electron chi connectivity index (χ4n) is 5.58. The highest BCUT2D eigenvalue weighted by Crippen LogP contribution is 2.34. The Hall–Kier alpha value is -4.23. The molecule has 2 aromatic heterocycles. The molecule has 2 amide bonds. The molecule has 0 radical (unpaired) electrons. The molecule has 3 aromatic carbocycles. The van der Waals surface area contributed by atoms with Crippen molar-refractivity contribution in [3.05, 3.63) is 95.4 Å². The maximum Gasteiger partial charge on any atom is 0.247 e. The predicted molar refractivity (Wildman–Crippen MR) is 179 cm³/mol. The van der Waals surface area contributed by atoms with Crippen LogP contribution in [0.5, 0.6) is 0 Å². The van der Waals surface area contributed by atoms with Crippen LogP contribution in [0.3, 0.4) is 0 Å². The van der Waals surface area contributed by atoms with E-state index in [9.17, 15) is 14.4 Å². The van der Waals surface area contributed by atoms with Gasteiger partial charge < -0.3 is 10.2 Å². The van der Waals surface area contributed by atoms with Crippen LogP contribution >= 0.6 is 34.2 Å². The number of fused-ring (bicyclic) bond motifs is 1. The molecule has 1 saturated heterocycles. The van der Waals surface area contributed by atoms with Gasteiger partial charge in [0, 0.05) is 46.4 Å². The lowest BCUT2D eigenvalue weighted by molar-refractivity contribution is -0.137. The highest BCUT2D eigenvalue weighted by Gasteiger charge is 2.40. The number of anilines is 1. The van der Waals surface area contributed by atoms with Gasteiger partial charge in [-0.1, -0.05) is 70.6 Å². The number of nitrogens with zero attached hydrogens (tertiary/aromatic N) is 5. The van der Waals surface area contributed by atoms with Crippen LogP contribution in [-0.2, 0) is 16.1 Å². The third-order valence-corrected chi connectivity index (χ3v) is 9.36. The largest absolute Gasteiger partial charge is 0.322 e. The summed E-state index contributed by atoms with van der Waals surface area (Å²) >= 11 is 8.44. The lowest BCUT2D eigenvalue weighted by Crippen LogP contribution is -2.46. The summed E-state index contributed by atoms with van der Waals surface area (Å²) in [5.74, 6) is -1.04. The average Bonchev–Trinajstić information content (AvgIpc) is 3.59. The lowest BCUT2D eigenvalue weighted by atomic mass is 10.0. The Labute approximate surface area is 276 Å².